The third-order valence-electron chi connectivity index (χ3n) is 2.25. The van der Waals surface area contributed by atoms with Crippen LogP contribution in [-0.2, 0) is 0 Å². The summed E-state index contributed by atoms with van der Waals surface area (Å²) >= 11 is 0. The summed E-state index contributed by atoms with van der Waals surface area (Å²) in [6, 6.07) is 0. The van der Waals surface area contributed by atoms with E-state index in [1.807, 2.05) is 27.7 Å². The smallest absolute Gasteiger partial charge is 0.0687 e. The first-order valence-corrected chi connectivity index (χ1v) is 5.02. The van der Waals surface area contributed by atoms with E-state index in [0.717, 1.165) is 0 Å². The Bertz CT molecular complexity index is 112. The first-order valence-electron chi connectivity index (χ1n) is 5.02. The van der Waals surface area contributed by atoms with Crippen LogP contribution in [0, 0.1) is 11.8 Å². The summed E-state index contributed by atoms with van der Waals surface area (Å²) in [4.78, 5) is 0. The molecule has 2 unspecified atom stereocenters. The Labute approximate surface area is 81.2 Å². The maximum absolute atomic E-state index is 9.43. The molecule has 0 fully saturated rings. The lowest BCUT2D eigenvalue weighted by Crippen LogP contribution is -2.37. The van der Waals surface area contributed by atoms with Crippen LogP contribution in [0.3, 0.4) is 0 Å². The predicted octanol–water partition coefficient (Wildman–Crippen LogP) is 0.610. The lowest BCUT2D eigenvalue weighted by molar-refractivity contribution is 0.0987. The highest BCUT2D eigenvalue weighted by Gasteiger charge is 2.11. The standard InChI is InChI=1S/C10H23NO2/c1-7(2)9(12)5-11-6-10(13)8(3)4/h7-13H,5-6H2,1-4H3. The van der Waals surface area contributed by atoms with Gasteiger partial charge < -0.3 is 15.5 Å². The molecule has 0 heterocycles. The van der Waals surface area contributed by atoms with Crippen molar-refractivity contribution in [2.45, 2.75) is 39.9 Å². The van der Waals surface area contributed by atoms with Gasteiger partial charge in [-0.05, 0) is 11.8 Å². The molecule has 3 heteroatoms. The lowest BCUT2D eigenvalue weighted by atomic mass is 10.1. The molecular weight excluding hydrogens is 166 g/mol. The van der Waals surface area contributed by atoms with E-state index in [1.54, 1.807) is 0 Å². The summed E-state index contributed by atoms with van der Waals surface area (Å²) in [6.07, 6.45) is -0.640. The Morgan fingerprint density at radius 3 is 1.38 bits per heavy atom. The topological polar surface area (TPSA) is 52.5 Å². The minimum atomic E-state index is -0.320. The van der Waals surface area contributed by atoms with Crippen molar-refractivity contribution in [3.05, 3.63) is 0 Å². The molecule has 0 spiro atoms. The van der Waals surface area contributed by atoms with Crippen LogP contribution >= 0.6 is 0 Å². The zero-order chi connectivity index (χ0) is 10.4. The molecule has 0 aliphatic heterocycles. The van der Waals surface area contributed by atoms with Crippen LogP contribution in [0.2, 0.25) is 0 Å². The highest BCUT2D eigenvalue weighted by atomic mass is 16.3. The number of aliphatic hydroxyl groups excluding tert-OH is 2. The van der Waals surface area contributed by atoms with Gasteiger partial charge in [0.05, 0.1) is 12.2 Å². The molecule has 0 aliphatic carbocycles. The quantitative estimate of drug-likeness (QED) is 0.574. The third-order valence-corrected chi connectivity index (χ3v) is 2.25. The summed E-state index contributed by atoms with van der Waals surface area (Å²) < 4.78 is 0. The predicted molar refractivity (Wildman–Crippen MR) is 54.6 cm³/mol. The Hall–Kier alpha value is -0.120. The van der Waals surface area contributed by atoms with Crippen molar-refractivity contribution in [1.82, 2.24) is 5.32 Å². The van der Waals surface area contributed by atoms with Crippen molar-refractivity contribution in [2.24, 2.45) is 11.8 Å². The highest BCUT2D eigenvalue weighted by molar-refractivity contribution is 4.67. The van der Waals surface area contributed by atoms with Gasteiger partial charge in [-0.3, -0.25) is 0 Å². The van der Waals surface area contributed by atoms with E-state index >= 15 is 0 Å². The second-order valence-electron chi connectivity index (χ2n) is 4.28. The number of aliphatic hydroxyl groups is 2. The zero-order valence-corrected chi connectivity index (χ0v) is 9.12. The van der Waals surface area contributed by atoms with Gasteiger partial charge in [0, 0.05) is 13.1 Å². The van der Waals surface area contributed by atoms with E-state index in [9.17, 15) is 10.2 Å². The van der Waals surface area contributed by atoms with Gasteiger partial charge in [-0.2, -0.15) is 0 Å². The van der Waals surface area contributed by atoms with Gasteiger partial charge in [-0.15, -0.1) is 0 Å². The highest BCUT2D eigenvalue weighted by Crippen LogP contribution is 2.01. The van der Waals surface area contributed by atoms with Gasteiger partial charge in [0.1, 0.15) is 0 Å². The molecule has 0 aromatic carbocycles. The minimum absolute atomic E-state index is 0.267. The molecule has 3 N–H and O–H groups in total. The zero-order valence-electron chi connectivity index (χ0n) is 9.12. The Morgan fingerprint density at radius 2 is 1.15 bits per heavy atom. The van der Waals surface area contributed by atoms with Crippen molar-refractivity contribution >= 4 is 0 Å². The summed E-state index contributed by atoms with van der Waals surface area (Å²) in [7, 11) is 0. The normalized spacial score (nSPS) is 16.6. The second-order valence-corrected chi connectivity index (χ2v) is 4.28. The van der Waals surface area contributed by atoms with E-state index in [0.29, 0.717) is 13.1 Å². The van der Waals surface area contributed by atoms with Crippen LogP contribution in [0.4, 0.5) is 0 Å². The van der Waals surface area contributed by atoms with Crippen LogP contribution in [0.5, 0.6) is 0 Å². The fourth-order valence-electron chi connectivity index (χ4n) is 0.851. The molecule has 13 heavy (non-hydrogen) atoms. The van der Waals surface area contributed by atoms with Gasteiger partial charge in [-0.1, -0.05) is 27.7 Å². The van der Waals surface area contributed by atoms with E-state index in [2.05, 4.69) is 5.32 Å². The van der Waals surface area contributed by atoms with Crippen molar-refractivity contribution in [2.75, 3.05) is 13.1 Å². The summed E-state index contributed by atoms with van der Waals surface area (Å²) in [5.74, 6) is 0.535. The van der Waals surface area contributed by atoms with Gasteiger partial charge in [0.15, 0.2) is 0 Å². The molecule has 0 aliphatic rings. The van der Waals surface area contributed by atoms with Crippen molar-refractivity contribution in [3.8, 4) is 0 Å². The monoisotopic (exact) mass is 189 g/mol. The largest absolute Gasteiger partial charge is 0.392 e. The first kappa shape index (κ1) is 12.9. The lowest BCUT2D eigenvalue weighted by Gasteiger charge is -2.18. The van der Waals surface area contributed by atoms with E-state index in [-0.39, 0.29) is 24.0 Å². The Morgan fingerprint density at radius 1 is 0.846 bits per heavy atom. The molecule has 80 valence electrons. The maximum atomic E-state index is 9.43. The number of hydrogen-bond donors (Lipinski definition) is 3. The molecule has 3 nitrogen and oxygen atoms in total. The van der Waals surface area contributed by atoms with E-state index in [1.165, 1.54) is 0 Å². The molecule has 0 aromatic rings. The van der Waals surface area contributed by atoms with Crippen molar-refractivity contribution in [3.63, 3.8) is 0 Å². The molecule has 0 rings (SSSR count). The van der Waals surface area contributed by atoms with Crippen LogP contribution in [-0.4, -0.2) is 35.5 Å². The summed E-state index contributed by atoms with van der Waals surface area (Å²) in [5.41, 5.74) is 0. The van der Waals surface area contributed by atoms with Gasteiger partial charge in [0.25, 0.3) is 0 Å². The minimum Gasteiger partial charge on any atom is -0.392 e. The first-order chi connectivity index (χ1) is 5.95. The molecule has 0 amide bonds. The molecule has 2 atom stereocenters. The number of nitrogens with one attached hydrogen (secondary N) is 1. The van der Waals surface area contributed by atoms with Crippen LogP contribution in [0.15, 0.2) is 0 Å². The Balaban J connectivity index is 3.45. The molecule has 0 saturated carbocycles. The molecule has 0 saturated heterocycles. The molecule has 0 bridgehead atoms. The van der Waals surface area contributed by atoms with Gasteiger partial charge in [0.2, 0.25) is 0 Å². The average Bonchev–Trinajstić information content (AvgIpc) is 2.03. The van der Waals surface area contributed by atoms with Crippen LogP contribution in [0.1, 0.15) is 27.7 Å². The Kier molecular flexibility index (Phi) is 6.29. The fraction of sp³-hybridized carbons (Fsp3) is 1.00. The van der Waals surface area contributed by atoms with Crippen LogP contribution < -0.4 is 5.32 Å². The number of hydrogen-bond acceptors (Lipinski definition) is 3. The second kappa shape index (κ2) is 6.35. The molecule has 0 aromatic heterocycles. The third kappa shape index (κ3) is 6.02. The van der Waals surface area contributed by atoms with Crippen molar-refractivity contribution < 1.29 is 10.2 Å². The average molecular weight is 189 g/mol. The summed E-state index contributed by atoms with van der Waals surface area (Å²) in [6.45, 7) is 9.02. The fourth-order valence-corrected chi connectivity index (χ4v) is 0.851. The van der Waals surface area contributed by atoms with Crippen molar-refractivity contribution in [1.29, 1.82) is 0 Å². The number of rotatable bonds is 6. The SMILES string of the molecule is CC(C)C(O)CNCC(O)C(C)C. The van der Waals surface area contributed by atoms with Gasteiger partial charge in [-0.25, -0.2) is 0 Å². The molecular formula is C10H23NO2. The van der Waals surface area contributed by atoms with E-state index < -0.39 is 0 Å². The van der Waals surface area contributed by atoms with E-state index in [4.69, 9.17) is 0 Å². The molecule has 0 radical (unpaired) electrons. The van der Waals surface area contributed by atoms with Crippen LogP contribution in [0.25, 0.3) is 0 Å². The van der Waals surface area contributed by atoms with Gasteiger partial charge >= 0.3 is 0 Å². The summed E-state index contributed by atoms with van der Waals surface area (Å²) in [5, 5.41) is 21.9. The maximum Gasteiger partial charge on any atom is 0.0687 e.